The van der Waals surface area contributed by atoms with Gasteiger partial charge >= 0.3 is 0 Å². The monoisotopic (exact) mass is 239 g/mol. The first kappa shape index (κ1) is 11.7. The molecule has 1 aliphatic carbocycles. The van der Waals surface area contributed by atoms with E-state index in [1.807, 2.05) is 25.1 Å². The molecule has 2 N–H and O–H groups in total. The lowest BCUT2D eigenvalue weighted by molar-refractivity contribution is 0.116. The summed E-state index contributed by atoms with van der Waals surface area (Å²) in [6, 6.07) is 6.00. The summed E-state index contributed by atoms with van der Waals surface area (Å²) in [5.74, 6) is 0. The molecule has 0 bridgehead atoms. The van der Waals surface area contributed by atoms with E-state index in [1.165, 1.54) is 6.42 Å². The van der Waals surface area contributed by atoms with Crippen LogP contribution in [0.5, 0.6) is 0 Å². The Hall–Kier alpha value is -0.730. The molecule has 3 heteroatoms. The van der Waals surface area contributed by atoms with Crippen molar-refractivity contribution in [1.29, 1.82) is 0 Å². The number of hydrogen-bond donors (Lipinski definition) is 2. The summed E-state index contributed by atoms with van der Waals surface area (Å²) in [5, 5.41) is 14.1. The molecule has 0 saturated heterocycles. The highest BCUT2D eigenvalue weighted by atomic mass is 35.5. The molecule has 0 heterocycles. The van der Waals surface area contributed by atoms with E-state index < -0.39 is 0 Å². The molecule has 0 amide bonds. The molecule has 0 aliphatic heterocycles. The van der Waals surface area contributed by atoms with Crippen molar-refractivity contribution in [3.63, 3.8) is 0 Å². The van der Waals surface area contributed by atoms with Gasteiger partial charge in [-0.15, -0.1) is 0 Å². The SMILES string of the molecule is Cc1cc(Cl)ccc1N[C@H]1CCCC[C@@H]1O. The smallest absolute Gasteiger partial charge is 0.0741 e. The number of rotatable bonds is 2. The molecule has 0 radical (unpaired) electrons. The Bertz CT molecular complexity index is 367. The normalized spacial score (nSPS) is 25.4. The summed E-state index contributed by atoms with van der Waals surface area (Å²) in [4.78, 5) is 0. The molecule has 0 unspecified atom stereocenters. The third kappa shape index (κ3) is 2.69. The van der Waals surface area contributed by atoms with Crippen molar-refractivity contribution >= 4 is 17.3 Å². The van der Waals surface area contributed by atoms with Crippen molar-refractivity contribution in [3.8, 4) is 0 Å². The van der Waals surface area contributed by atoms with Crippen LogP contribution in [0.1, 0.15) is 31.2 Å². The van der Waals surface area contributed by atoms with Crippen LogP contribution in [0.15, 0.2) is 18.2 Å². The van der Waals surface area contributed by atoms with E-state index in [2.05, 4.69) is 5.32 Å². The Morgan fingerprint density at radius 2 is 2.06 bits per heavy atom. The van der Waals surface area contributed by atoms with Gasteiger partial charge in [0.2, 0.25) is 0 Å². The van der Waals surface area contributed by atoms with E-state index in [0.29, 0.717) is 0 Å². The third-order valence-electron chi connectivity index (χ3n) is 3.26. The molecule has 2 rings (SSSR count). The molecule has 0 aromatic heterocycles. The summed E-state index contributed by atoms with van der Waals surface area (Å²) < 4.78 is 0. The lowest BCUT2D eigenvalue weighted by Gasteiger charge is -2.29. The van der Waals surface area contributed by atoms with E-state index in [9.17, 15) is 5.11 Å². The summed E-state index contributed by atoms with van der Waals surface area (Å²) >= 11 is 5.91. The summed E-state index contributed by atoms with van der Waals surface area (Å²) in [6.45, 7) is 2.03. The van der Waals surface area contributed by atoms with Crippen molar-refractivity contribution in [2.45, 2.75) is 44.8 Å². The maximum absolute atomic E-state index is 9.89. The van der Waals surface area contributed by atoms with Gasteiger partial charge in [0.1, 0.15) is 0 Å². The minimum Gasteiger partial charge on any atom is -0.391 e. The number of aryl methyl sites for hydroxylation is 1. The van der Waals surface area contributed by atoms with Gasteiger partial charge in [-0.25, -0.2) is 0 Å². The zero-order chi connectivity index (χ0) is 11.5. The van der Waals surface area contributed by atoms with Gasteiger partial charge in [0.15, 0.2) is 0 Å². The van der Waals surface area contributed by atoms with Crippen molar-refractivity contribution in [1.82, 2.24) is 0 Å². The summed E-state index contributed by atoms with van der Waals surface area (Å²) in [6.07, 6.45) is 4.07. The van der Waals surface area contributed by atoms with E-state index >= 15 is 0 Å². The Balaban J connectivity index is 2.07. The second-order valence-corrected chi connectivity index (χ2v) is 5.00. The molecule has 2 nitrogen and oxygen atoms in total. The van der Waals surface area contributed by atoms with Crippen LogP contribution < -0.4 is 5.32 Å². The quantitative estimate of drug-likeness (QED) is 0.830. The van der Waals surface area contributed by atoms with Crippen LogP contribution in [0.3, 0.4) is 0 Å². The lowest BCUT2D eigenvalue weighted by Crippen LogP contribution is -2.36. The van der Waals surface area contributed by atoms with Crippen molar-refractivity contribution in [2.24, 2.45) is 0 Å². The van der Waals surface area contributed by atoms with Gasteiger partial charge in [-0.1, -0.05) is 24.4 Å². The Labute approximate surface area is 102 Å². The maximum atomic E-state index is 9.89. The minimum atomic E-state index is -0.219. The van der Waals surface area contributed by atoms with Crippen LogP contribution in [-0.2, 0) is 0 Å². The highest BCUT2D eigenvalue weighted by Gasteiger charge is 2.22. The van der Waals surface area contributed by atoms with Crippen LogP contribution in [0.25, 0.3) is 0 Å². The minimum absolute atomic E-state index is 0.189. The van der Waals surface area contributed by atoms with E-state index in [-0.39, 0.29) is 12.1 Å². The predicted octanol–water partition coefficient (Wildman–Crippen LogP) is 3.36. The number of benzene rings is 1. The summed E-state index contributed by atoms with van der Waals surface area (Å²) in [5.41, 5.74) is 2.21. The Kier molecular flexibility index (Phi) is 3.72. The molecule has 2 atom stereocenters. The van der Waals surface area contributed by atoms with Gasteiger partial charge in [-0.2, -0.15) is 0 Å². The lowest BCUT2D eigenvalue weighted by atomic mass is 9.92. The van der Waals surface area contributed by atoms with Crippen LogP contribution in [0.2, 0.25) is 5.02 Å². The average Bonchev–Trinajstić information content (AvgIpc) is 2.25. The second-order valence-electron chi connectivity index (χ2n) is 4.56. The molecule has 0 spiro atoms. The molecular weight excluding hydrogens is 222 g/mol. The van der Waals surface area contributed by atoms with Crippen LogP contribution in [0, 0.1) is 6.92 Å². The van der Waals surface area contributed by atoms with Crippen LogP contribution in [0.4, 0.5) is 5.69 Å². The largest absolute Gasteiger partial charge is 0.391 e. The number of hydrogen-bond acceptors (Lipinski definition) is 2. The Morgan fingerprint density at radius 1 is 1.31 bits per heavy atom. The van der Waals surface area contributed by atoms with Crippen molar-refractivity contribution < 1.29 is 5.11 Å². The first-order valence-corrected chi connectivity index (χ1v) is 6.25. The fraction of sp³-hybridized carbons (Fsp3) is 0.538. The standard InChI is InChI=1S/C13H18ClNO/c1-9-8-10(14)6-7-11(9)15-12-4-2-3-5-13(12)16/h6-8,12-13,15-16H,2-5H2,1H3/t12-,13-/m0/s1. The molecule has 1 aromatic rings. The number of anilines is 1. The Morgan fingerprint density at radius 3 is 2.75 bits per heavy atom. The molecule has 1 saturated carbocycles. The molecular formula is C13H18ClNO. The highest BCUT2D eigenvalue weighted by molar-refractivity contribution is 6.30. The molecule has 1 fully saturated rings. The topological polar surface area (TPSA) is 32.3 Å². The van der Waals surface area contributed by atoms with Crippen molar-refractivity contribution in [3.05, 3.63) is 28.8 Å². The van der Waals surface area contributed by atoms with Crippen LogP contribution >= 0.6 is 11.6 Å². The van der Waals surface area contributed by atoms with Gasteiger partial charge in [0, 0.05) is 10.7 Å². The van der Waals surface area contributed by atoms with Gasteiger partial charge in [0.05, 0.1) is 12.1 Å². The fourth-order valence-electron chi connectivity index (χ4n) is 2.27. The number of aliphatic hydroxyl groups is 1. The summed E-state index contributed by atoms with van der Waals surface area (Å²) in [7, 11) is 0. The van der Waals surface area contributed by atoms with E-state index in [1.54, 1.807) is 0 Å². The third-order valence-corrected chi connectivity index (χ3v) is 3.49. The molecule has 1 aromatic carbocycles. The fourth-order valence-corrected chi connectivity index (χ4v) is 2.50. The van der Waals surface area contributed by atoms with Crippen LogP contribution in [-0.4, -0.2) is 17.3 Å². The molecule has 88 valence electrons. The first-order chi connectivity index (χ1) is 7.66. The van der Waals surface area contributed by atoms with Gasteiger partial charge in [-0.05, 0) is 43.5 Å². The van der Waals surface area contributed by atoms with Crippen molar-refractivity contribution in [2.75, 3.05) is 5.32 Å². The second kappa shape index (κ2) is 5.07. The molecule has 16 heavy (non-hydrogen) atoms. The van der Waals surface area contributed by atoms with Gasteiger partial charge in [-0.3, -0.25) is 0 Å². The predicted molar refractivity (Wildman–Crippen MR) is 68.1 cm³/mol. The zero-order valence-corrected chi connectivity index (χ0v) is 10.3. The number of nitrogens with one attached hydrogen (secondary N) is 1. The van der Waals surface area contributed by atoms with Gasteiger partial charge < -0.3 is 10.4 Å². The number of aliphatic hydroxyl groups excluding tert-OH is 1. The van der Waals surface area contributed by atoms with Gasteiger partial charge in [0.25, 0.3) is 0 Å². The molecule has 1 aliphatic rings. The van der Waals surface area contributed by atoms with E-state index in [4.69, 9.17) is 11.6 Å². The number of halogens is 1. The zero-order valence-electron chi connectivity index (χ0n) is 9.54. The maximum Gasteiger partial charge on any atom is 0.0741 e. The first-order valence-electron chi connectivity index (χ1n) is 5.87. The van der Waals surface area contributed by atoms with E-state index in [0.717, 1.165) is 35.5 Å². The average molecular weight is 240 g/mol. The highest BCUT2D eigenvalue weighted by Crippen LogP contribution is 2.25.